The minimum atomic E-state index is -2.15. The van der Waals surface area contributed by atoms with Crippen LogP contribution in [0.1, 0.15) is 66.2 Å². The molecule has 0 spiro atoms. The van der Waals surface area contributed by atoms with Crippen molar-refractivity contribution in [3.8, 4) is 0 Å². The van der Waals surface area contributed by atoms with Gasteiger partial charge in [-0.25, -0.2) is 0 Å². The third-order valence-electron chi connectivity index (χ3n) is 4.52. The quantitative estimate of drug-likeness (QED) is 0.318. The molecular formula is C17H36O2Sn. The second-order valence-electron chi connectivity index (χ2n) is 6.44. The van der Waals surface area contributed by atoms with Crippen molar-refractivity contribution in [3.63, 3.8) is 0 Å². The van der Waals surface area contributed by atoms with Crippen molar-refractivity contribution in [2.24, 2.45) is 5.92 Å². The predicted molar refractivity (Wildman–Crippen MR) is 90.9 cm³/mol. The van der Waals surface area contributed by atoms with Crippen LogP contribution >= 0.6 is 0 Å². The molecule has 0 N–H and O–H groups in total. The van der Waals surface area contributed by atoms with Crippen LogP contribution in [0, 0.1) is 5.92 Å². The van der Waals surface area contributed by atoms with Crippen LogP contribution in [0.2, 0.25) is 17.7 Å². The van der Waals surface area contributed by atoms with Crippen LogP contribution in [0.15, 0.2) is 0 Å². The number of methoxy groups -OCH3 is 1. The summed E-state index contributed by atoms with van der Waals surface area (Å²) in [5.74, 6) is 0.136. The standard InChI is InChI=1S/C5H9O2.3C4H9.Sn/c1-4(2)5(6)7-3;3*1-3-4-2;/h4H,1H2,2-3H3;3*1,3-4H2,2H3;. The molecule has 0 bridgehead atoms. The van der Waals surface area contributed by atoms with Gasteiger partial charge in [-0.3, -0.25) is 0 Å². The first-order valence-electron chi connectivity index (χ1n) is 8.63. The first-order valence-corrected chi connectivity index (χ1v) is 16.7. The second-order valence-corrected chi connectivity index (χ2v) is 20.4. The van der Waals surface area contributed by atoms with Crippen LogP contribution in [-0.4, -0.2) is 31.5 Å². The van der Waals surface area contributed by atoms with E-state index in [4.69, 9.17) is 4.74 Å². The van der Waals surface area contributed by atoms with Crippen LogP contribution in [0.3, 0.4) is 0 Å². The first-order chi connectivity index (χ1) is 9.55. The van der Waals surface area contributed by atoms with E-state index in [-0.39, 0.29) is 11.9 Å². The van der Waals surface area contributed by atoms with E-state index in [2.05, 4.69) is 27.7 Å². The zero-order valence-corrected chi connectivity index (χ0v) is 17.3. The van der Waals surface area contributed by atoms with Gasteiger partial charge in [0.05, 0.1) is 0 Å². The molecule has 0 rings (SSSR count). The molecule has 2 nitrogen and oxygen atoms in total. The molecule has 0 saturated carbocycles. The van der Waals surface area contributed by atoms with E-state index in [1.54, 1.807) is 0 Å². The van der Waals surface area contributed by atoms with Gasteiger partial charge in [0.25, 0.3) is 0 Å². The number of carbonyl (C=O) groups excluding carboxylic acids is 1. The molecule has 0 aromatic rings. The van der Waals surface area contributed by atoms with Gasteiger partial charge in [-0.05, 0) is 0 Å². The van der Waals surface area contributed by atoms with Gasteiger partial charge in [0.15, 0.2) is 0 Å². The molecule has 1 atom stereocenters. The Bertz CT molecular complexity index is 232. The molecule has 3 heteroatoms. The van der Waals surface area contributed by atoms with E-state index < -0.39 is 18.4 Å². The van der Waals surface area contributed by atoms with Crippen molar-refractivity contribution < 1.29 is 9.53 Å². The third kappa shape index (κ3) is 7.89. The summed E-state index contributed by atoms with van der Waals surface area (Å²) >= 11 is -2.15. The second kappa shape index (κ2) is 11.9. The van der Waals surface area contributed by atoms with Crippen LogP contribution in [0.4, 0.5) is 0 Å². The van der Waals surface area contributed by atoms with Gasteiger partial charge in [-0.2, -0.15) is 0 Å². The Morgan fingerprint density at radius 2 is 1.35 bits per heavy atom. The third-order valence-corrected chi connectivity index (χ3v) is 20.9. The fraction of sp³-hybridized carbons (Fsp3) is 0.941. The fourth-order valence-corrected chi connectivity index (χ4v) is 20.8. The SMILES string of the molecule is CCC[CH2][Sn]([CH2]CCC)([CH2]CCC)[CH2]C(C)C(=O)OC. The molecule has 20 heavy (non-hydrogen) atoms. The van der Waals surface area contributed by atoms with E-state index in [1.807, 2.05) is 0 Å². The number of hydrogen-bond donors (Lipinski definition) is 0. The molecule has 0 aromatic carbocycles. The van der Waals surface area contributed by atoms with Gasteiger partial charge in [-0.15, -0.1) is 0 Å². The van der Waals surface area contributed by atoms with Crippen LogP contribution in [0.25, 0.3) is 0 Å². The summed E-state index contributed by atoms with van der Waals surface area (Å²) in [5, 5.41) is 0. The van der Waals surface area contributed by atoms with Crippen molar-refractivity contribution in [2.75, 3.05) is 7.11 Å². The number of ether oxygens (including phenoxy) is 1. The van der Waals surface area contributed by atoms with Crippen molar-refractivity contribution >= 4 is 24.3 Å². The Kier molecular flexibility index (Phi) is 12.0. The fourth-order valence-electron chi connectivity index (χ4n) is 3.27. The molecule has 0 amide bonds. The van der Waals surface area contributed by atoms with Crippen LogP contribution in [0.5, 0.6) is 0 Å². The number of esters is 1. The zero-order chi connectivity index (χ0) is 15.4. The zero-order valence-electron chi connectivity index (χ0n) is 14.5. The Balaban J connectivity index is 4.86. The first kappa shape index (κ1) is 20.3. The molecule has 0 aliphatic rings. The molecule has 120 valence electrons. The molecular weight excluding hydrogens is 355 g/mol. The average molecular weight is 391 g/mol. The van der Waals surface area contributed by atoms with E-state index in [9.17, 15) is 4.79 Å². The van der Waals surface area contributed by atoms with Gasteiger partial charge in [0.1, 0.15) is 0 Å². The Morgan fingerprint density at radius 1 is 0.950 bits per heavy atom. The van der Waals surface area contributed by atoms with Gasteiger partial charge < -0.3 is 0 Å². The number of rotatable bonds is 12. The normalized spacial score (nSPS) is 13.2. The summed E-state index contributed by atoms with van der Waals surface area (Å²) in [5.41, 5.74) is 0. The summed E-state index contributed by atoms with van der Waals surface area (Å²) in [7, 11) is 1.53. The predicted octanol–water partition coefficient (Wildman–Crippen LogP) is 5.64. The monoisotopic (exact) mass is 392 g/mol. The molecule has 0 radical (unpaired) electrons. The summed E-state index contributed by atoms with van der Waals surface area (Å²) < 4.78 is 10.6. The summed E-state index contributed by atoms with van der Waals surface area (Å²) in [6.45, 7) is 8.96. The number of unbranched alkanes of at least 4 members (excludes halogenated alkanes) is 3. The number of hydrogen-bond acceptors (Lipinski definition) is 2. The van der Waals surface area contributed by atoms with Crippen molar-refractivity contribution in [1.82, 2.24) is 0 Å². The summed E-state index contributed by atoms with van der Waals surface area (Å²) in [6.07, 6.45) is 8.00. The maximum absolute atomic E-state index is 11.8. The molecule has 0 heterocycles. The maximum atomic E-state index is 11.8. The van der Waals surface area contributed by atoms with Crippen LogP contribution in [-0.2, 0) is 9.53 Å². The topological polar surface area (TPSA) is 26.3 Å². The summed E-state index contributed by atoms with van der Waals surface area (Å²) in [4.78, 5) is 11.8. The van der Waals surface area contributed by atoms with Gasteiger partial charge in [0.2, 0.25) is 0 Å². The van der Waals surface area contributed by atoms with Crippen LogP contribution < -0.4 is 0 Å². The molecule has 0 aliphatic carbocycles. The molecule has 0 fully saturated rings. The van der Waals surface area contributed by atoms with Crippen molar-refractivity contribution in [1.29, 1.82) is 0 Å². The minimum absolute atomic E-state index is 0.00979. The Morgan fingerprint density at radius 3 is 1.65 bits per heavy atom. The van der Waals surface area contributed by atoms with Crippen molar-refractivity contribution in [2.45, 2.75) is 84.0 Å². The van der Waals surface area contributed by atoms with E-state index in [0.717, 1.165) is 0 Å². The Labute approximate surface area is 130 Å². The molecule has 0 saturated heterocycles. The molecule has 1 unspecified atom stereocenters. The molecule has 0 aromatic heterocycles. The van der Waals surface area contributed by atoms with Gasteiger partial charge >= 0.3 is 131 Å². The van der Waals surface area contributed by atoms with E-state index in [0.29, 0.717) is 0 Å². The molecule has 0 aliphatic heterocycles. The van der Waals surface area contributed by atoms with Crippen molar-refractivity contribution in [3.05, 3.63) is 0 Å². The summed E-state index contributed by atoms with van der Waals surface area (Å²) in [6, 6.07) is 0. The van der Waals surface area contributed by atoms with Gasteiger partial charge in [0, 0.05) is 0 Å². The number of carbonyl (C=O) groups is 1. The van der Waals surface area contributed by atoms with E-state index >= 15 is 0 Å². The average Bonchev–Trinajstić information content (AvgIpc) is 2.47. The Hall–Kier alpha value is 0.269. The van der Waals surface area contributed by atoms with Gasteiger partial charge in [-0.1, -0.05) is 0 Å². The van der Waals surface area contributed by atoms with E-state index in [1.165, 1.54) is 63.4 Å².